The number of halogens is 1. The van der Waals surface area contributed by atoms with Gasteiger partial charge in [0.25, 0.3) is 0 Å². The third-order valence-corrected chi connectivity index (χ3v) is 6.27. The second kappa shape index (κ2) is 9.55. The molecule has 3 rings (SSSR count). The molecule has 1 aliphatic heterocycles. The summed E-state index contributed by atoms with van der Waals surface area (Å²) in [5.74, 6) is -1.01. The third kappa shape index (κ3) is 5.56. The number of sulfonamides is 1. The van der Waals surface area contributed by atoms with Crippen molar-refractivity contribution < 1.29 is 27.1 Å². The van der Waals surface area contributed by atoms with Gasteiger partial charge in [-0.15, -0.1) is 0 Å². The molecular formula is C21H25FN2O5S. The van der Waals surface area contributed by atoms with Crippen molar-refractivity contribution in [3.8, 4) is 5.75 Å². The number of rotatable bonds is 8. The van der Waals surface area contributed by atoms with Crippen molar-refractivity contribution in [2.75, 3.05) is 18.5 Å². The molecule has 1 amide bonds. The second-order valence-electron chi connectivity index (χ2n) is 7.21. The summed E-state index contributed by atoms with van der Waals surface area (Å²) in [6, 6.07) is 9.13. The van der Waals surface area contributed by atoms with E-state index < -0.39 is 32.7 Å². The fraction of sp³-hybridized carbons (Fsp3) is 0.381. The number of amides is 1. The van der Waals surface area contributed by atoms with Crippen LogP contribution in [0.2, 0.25) is 0 Å². The first-order valence-electron chi connectivity index (χ1n) is 9.69. The summed E-state index contributed by atoms with van der Waals surface area (Å²) in [6.45, 7) is 4.36. The number of carbonyl (C=O) groups is 1. The molecule has 2 aromatic carbocycles. The van der Waals surface area contributed by atoms with Crippen LogP contribution in [0.1, 0.15) is 25.3 Å². The average Bonchev–Trinajstić information content (AvgIpc) is 3.21. The first kappa shape index (κ1) is 22.2. The predicted octanol–water partition coefficient (Wildman–Crippen LogP) is 3.00. The van der Waals surface area contributed by atoms with Crippen LogP contribution in [0.15, 0.2) is 47.4 Å². The Bertz CT molecular complexity index is 1010. The van der Waals surface area contributed by atoms with Gasteiger partial charge < -0.3 is 14.8 Å². The van der Waals surface area contributed by atoms with Crippen LogP contribution in [0.3, 0.4) is 0 Å². The van der Waals surface area contributed by atoms with Crippen LogP contribution in [0.5, 0.6) is 5.75 Å². The van der Waals surface area contributed by atoms with Crippen LogP contribution in [0.25, 0.3) is 0 Å². The summed E-state index contributed by atoms with van der Waals surface area (Å²) in [5, 5.41) is 2.68. The molecule has 162 valence electrons. The van der Waals surface area contributed by atoms with Crippen LogP contribution >= 0.6 is 0 Å². The summed E-state index contributed by atoms with van der Waals surface area (Å²) in [4.78, 5) is 12.1. The van der Waals surface area contributed by atoms with Gasteiger partial charge >= 0.3 is 0 Å². The van der Waals surface area contributed by atoms with Gasteiger partial charge in [0.05, 0.1) is 17.8 Å². The number of benzene rings is 2. The van der Waals surface area contributed by atoms with E-state index in [0.29, 0.717) is 24.7 Å². The summed E-state index contributed by atoms with van der Waals surface area (Å²) >= 11 is 0. The van der Waals surface area contributed by atoms with Crippen LogP contribution in [0.4, 0.5) is 10.1 Å². The van der Waals surface area contributed by atoms with E-state index in [1.54, 1.807) is 12.1 Å². The molecule has 2 N–H and O–H groups in total. The smallest absolute Gasteiger partial charge is 0.244 e. The number of anilines is 1. The van der Waals surface area contributed by atoms with E-state index in [1.165, 1.54) is 19.1 Å². The highest BCUT2D eigenvalue weighted by atomic mass is 32.2. The Labute approximate surface area is 175 Å². The fourth-order valence-electron chi connectivity index (χ4n) is 3.06. The maximum absolute atomic E-state index is 13.8. The SMILES string of the molecule is Cc1ccc(NC(=O)[C@H](C)NS(=O)(=O)c2ccccc2F)c(OCC2CCCO2)c1. The summed E-state index contributed by atoms with van der Waals surface area (Å²) in [6.07, 6.45) is 1.92. The standard InChI is InChI=1S/C21H25FN2O5S/c1-14-9-10-18(19(12-14)29-13-16-6-5-11-28-16)23-21(25)15(2)24-30(26,27)20-8-4-3-7-17(20)22/h3-4,7-10,12,15-16,24H,5-6,11,13H2,1-2H3,(H,23,25)/t15-,16?/m0/s1. The molecule has 1 unspecified atom stereocenters. The normalized spacial score (nSPS) is 17.5. The lowest BCUT2D eigenvalue weighted by Gasteiger charge is -2.18. The van der Waals surface area contributed by atoms with Crippen molar-refractivity contribution in [1.29, 1.82) is 0 Å². The molecular weight excluding hydrogens is 411 g/mol. The van der Waals surface area contributed by atoms with E-state index in [2.05, 4.69) is 10.0 Å². The van der Waals surface area contributed by atoms with Crippen molar-refractivity contribution in [3.63, 3.8) is 0 Å². The van der Waals surface area contributed by atoms with Gasteiger partial charge in [0.15, 0.2) is 0 Å². The lowest BCUT2D eigenvalue weighted by Crippen LogP contribution is -2.41. The molecule has 1 saturated heterocycles. The van der Waals surface area contributed by atoms with E-state index in [-0.39, 0.29) is 6.10 Å². The maximum Gasteiger partial charge on any atom is 0.244 e. The van der Waals surface area contributed by atoms with Crippen LogP contribution < -0.4 is 14.8 Å². The van der Waals surface area contributed by atoms with Crippen molar-refractivity contribution in [1.82, 2.24) is 4.72 Å². The first-order valence-corrected chi connectivity index (χ1v) is 11.2. The lowest BCUT2D eigenvalue weighted by molar-refractivity contribution is -0.117. The average molecular weight is 437 g/mol. The molecule has 0 bridgehead atoms. The van der Waals surface area contributed by atoms with E-state index in [1.807, 2.05) is 13.0 Å². The van der Waals surface area contributed by atoms with Gasteiger partial charge in [0, 0.05) is 6.61 Å². The Morgan fingerprint density at radius 3 is 2.77 bits per heavy atom. The molecule has 2 aromatic rings. The number of hydrogen-bond donors (Lipinski definition) is 2. The van der Waals surface area contributed by atoms with E-state index in [9.17, 15) is 17.6 Å². The zero-order chi connectivity index (χ0) is 21.7. The van der Waals surface area contributed by atoms with Crippen molar-refractivity contribution >= 4 is 21.6 Å². The van der Waals surface area contributed by atoms with Gasteiger partial charge in [-0.05, 0) is 56.5 Å². The molecule has 0 aliphatic carbocycles. The Morgan fingerprint density at radius 2 is 2.07 bits per heavy atom. The largest absolute Gasteiger partial charge is 0.489 e. The molecule has 7 nitrogen and oxygen atoms in total. The highest BCUT2D eigenvalue weighted by molar-refractivity contribution is 7.89. The number of ether oxygens (including phenoxy) is 2. The number of hydrogen-bond acceptors (Lipinski definition) is 5. The van der Waals surface area contributed by atoms with Gasteiger partial charge in [-0.2, -0.15) is 4.72 Å². The quantitative estimate of drug-likeness (QED) is 0.664. The monoisotopic (exact) mass is 436 g/mol. The van der Waals surface area contributed by atoms with Gasteiger partial charge in [-0.25, -0.2) is 12.8 Å². The van der Waals surface area contributed by atoms with Gasteiger partial charge in [-0.3, -0.25) is 4.79 Å². The van der Waals surface area contributed by atoms with Crippen molar-refractivity contribution in [3.05, 3.63) is 53.8 Å². The topological polar surface area (TPSA) is 93.7 Å². The highest BCUT2D eigenvalue weighted by Gasteiger charge is 2.25. The molecule has 0 aromatic heterocycles. The van der Waals surface area contributed by atoms with Crippen LogP contribution in [0, 0.1) is 12.7 Å². The Morgan fingerprint density at radius 1 is 1.30 bits per heavy atom. The molecule has 2 atom stereocenters. The Balaban J connectivity index is 1.68. The number of nitrogens with one attached hydrogen (secondary N) is 2. The van der Waals surface area contributed by atoms with E-state index >= 15 is 0 Å². The number of aryl methyl sites for hydroxylation is 1. The zero-order valence-corrected chi connectivity index (χ0v) is 17.7. The molecule has 30 heavy (non-hydrogen) atoms. The van der Waals surface area contributed by atoms with Gasteiger partial charge in [0.1, 0.15) is 23.1 Å². The summed E-state index contributed by atoms with van der Waals surface area (Å²) in [5.41, 5.74) is 1.36. The summed E-state index contributed by atoms with van der Waals surface area (Å²) in [7, 11) is -4.20. The maximum atomic E-state index is 13.8. The lowest BCUT2D eigenvalue weighted by atomic mass is 10.2. The minimum Gasteiger partial charge on any atom is -0.489 e. The fourth-order valence-corrected chi connectivity index (χ4v) is 4.35. The van der Waals surface area contributed by atoms with Gasteiger partial charge in [-0.1, -0.05) is 18.2 Å². The molecule has 0 spiro atoms. The van der Waals surface area contributed by atoms with Crippen molar-refractivity contribution in [2.24, 2.45) is 0 Å². The van der Waals surface area contributed by atoms with Crippen LogP contribution in [-0.4, -0.2) is 39.7 Å². The van der Waals surface area contributed by atoms with Crippen molar-refractivity contribution in [2.45, 2.75) is 43.7 Å². The van der Waals surface area contributed by atoms with Gasteiger partial charge in [0.2, 0.25) is 15.9 Å². The molecule has 0 radical (unpaired) electrons. The van der Waals surface area contributed by atoms with E-state index in [0.717, 1.165) is 30.5 Å². The predicted molar refractivity (Wildman–Crippen MR) is 110 cm³/mol. The molecule has 9 heteroatoms. The molecule has 0 saturated carbocycles. The zero-order valence-electron chi connectivity index (χ0n) is 16.9. The van der Waals surface area contributed by atoms with Crippen LogP contribution in [-0.2, 0) is 19.6 Å². The Kier molecular flexibility index (Phi) is 7.06. The molecule has 1 heterocycles. The molecule has 1 fully saturated rings. The third-order valence-electron chi connectivity index (χ3n) is 4.70. The minimum atomic E-state index is -4.20. The Hall–Kier alpha value is -2.49. The summed E-state index contributed by atoms with van der Waals surface area (Å²) < 4.78 is 52.3. The highest BCUT2D eigenvalue weighted by Crippen LogP contribution is 2.27. The molecule has 1 aliphatic rings. The minimum absolute atomic E-state index is 0.0144. The van der Waals surface area contributed by atoms with E-state index in [4.69, 9.17) is 9.47 Å². The second-order valence-corrected chi connectivity index (χ2v) is 8.89. The first-order chi connectivity index (χ1) is 14.3. The number of carbonyl (C=O) groups excluding carboxylic acids is 1.